The molecule has 1 aliphatic rings. The summed E-state index contributed by atoms with van der Waals surface area (Å²) in [5.41, 5.74) is 6.74. The van der Waals surface area contributed by atoms with Crippen LogP contribution in [0.5, 0.6) is 0 Å². The minimum absolute atomic E-state index is 0.0839. The van der Waals surface area contributed by atoms with Crippen LogP contribution in [0.3, 0.4) is 0 Å². The fourth-order valence-electron chi connectivity index (χ4n) is 2.02. The highest BCUT2D eigenvalue weighted by molar-refractivity contribution is 7.99. The van der Waals surface area contributed by atoms with Crippen molar-refractivity contribution in [3.05, 3.63) is 22.1 Å². The molecule has 1 heterocycles. The molecule has 2 atom stereocenters. The number of nitrogens with two attached hydrogens (primary N) is 1. The van der Waals surface area contributed by atoms with E-state index in [9.17, 15) is 4.79 Å². The smallest absolute Gasteiger partial charge is 0.251 e. The number of hydrogen-bond acceptors (Lipinski definition) is 4. The van der Waals surface area contributed by atoms with Crippen LogP contribution in [0.25, 0.3) is 0 Å². The number of aryl methyl sites for hydroxylation is 1. The predicted molar refractivity (Wildman–Crippen MR) is 65.7 cm³/mol. The van der Waals surface area contributed by atoms with Crippen LogP contribution in [-0.4, -0.2) is 21.3 Å². The molecule has 2 unspecified atom stereocenters. The molecule has 5 heteroatoms. The predicted octanol–water partition coefficient (Wildman–Crippen LogP) is 1.44. The van der Waals surface area contributed by atoms with Crippen molar-refractivity contribution in [2.75, 3.05) is 0 Å². The summed E-state index contributed by atoms with van der Waals surface area (Å²) >= 11 is 1.61. The minimum Gasteiger partial charge on any atom is -0.327 e. The van der Waals surface area contributed by atoms with Crippen LogP contribution >= 0.6 is 11.8 Å². The first-order valence-electron chi connectivity index (χ1n) is 5.65. The lowest BCUT2D eigenvalue weighted by Crippen LogP contribution is -2.35. The molecule has 1 fully saturated rings. The number of H-pyrrole nitrogens is 1. The van der Waals surface area contributed by atoms with Crippen molar-refractivity contribution in [1.29, 1.82) is 0 Å². The third kappa shape index (κ3) is 2.86. The Labute approximate surface area is 99.0 Å². The number of nitrogens with zero attached hydrogens (tertiary/aromatic N) is 1. The Hall–Kier alpha value is -0.810. The molecule has 0 bridgehead atoms. The van der Waals surface area contributed by atoms with Gasteiger partial charge in [-0.15, -0.1) is 0 Å². The Morgan fingerprint density at radius 1 is 1.50 bits per heavy atom. The van der Waals surface area contributed by atoms with E-state index in [1.165, 1.54) is 18.9 Å². The third-order valence-electron chi connectivity index (χ3n) is 2.86. The number of rotatable bonds is 2. The molecule has 16 heavy (non-hydrogen) atoms. The van der Waals surface area contributed by atoms with Crippen molar-refractivity contribution in [3.8, 4) is 0 Å². The van der Waals surface area contributed by atoms with Crippen LogP contribution in [-0.2, 0) is 0 Å². The zero-order valence-electron chi connectivity index (χ0n) is 9.40. The first-order chi connectivity index (χ1) is 7.65. The maximum absolute atomic E-state index is 11.3. The lowest BCUT2D eigenvalue weighted by molar-refractivity contribution is 0.452. The molecule has 0 spiro atoms. The Kier molecular flexibility index (Phi) is 3.66. The molecule has 0 aliphatic heterocycles. The first-order valence-corrected chi connectivity index (χ1v) is 6.53. The van der Waals surface area contributed by atoms with Crippen molar-refractivity contribution in [2.24, 2.45) is 5.73 Å². The molecule has 88 valence electrons. The number of thioether (sulfide) groups is 1. The highest BCUT2D eigenvalue weighted by atomic mass is 32.2. The van der Waals surface area contributed by atoms with Crippen molar-refractivity contribution in [2.45, 2.75) is 49.1 Å². The largest absolute Gasteiger partial charge is 0.327 e. The molecule has 1 aliphatic carbocycles. The van der Waals surface area contributed by atoms with Gasteiger partial charge in [0.05, 0.1) is 0 Å². The van der Waals surface area contributed by atoms with Crippen molar-refractivity contribution in [1.82, 2.24) is 9.97 Å². The Morgan fingerprint density at radius 2 is 2.25 bits per heavy atom. The lowest BCUT2D eigenvalue weighted by Gasteiger charge is -2.27. The van der Waals surface area contributed by atoms with Crippen molar-refractivity contribution < 1.29 is 0 Å². The van der Waals surface area contributed by atoms with Gasteiger partial charge in [-0.05, 0) is 19.8 Å². The highest BCUT2D eigenvalue weighted by Gasteiger charge is 2.23. The van der Waals surface area contributed by atoms with E-state index >= 15 is 0 Å². The molecule has 0 radical (unpaired) electrons. The SMILES string of the molecule is Cc1cc(=O)[nH]c(SC2CCCCC2N)n1. The summed E-state index contributed by atoms with van der Waals surface area (Å²) in [6, 6.07) is 1.73. The molecule has 4 nitrogen and oxygen atoms in total. The van der Waals surface area contributed by atoms with E-state index in [1.807, 2.05) is 6.92 Å². The van der Waals surface area contributed by atoms with Crippen LogP contribution in [0, 0.1) is 6.92 Å². The van der Waals surface area contributed by atoms with E-state index < -0.39 is 0 Å². The van der Waals surface area contributed by atoms with Gasteiger partial charge in [0.2, 0.25) is 0 Å². The topological polar surface area (TPSA) is 71.8 Å². The van der Waals surface area contributed by atoms with E-state index in [4.69, 9.17) is 5.73 Å². The molecule has 2 rings (SSSR count). The summed E-state index contributed by atoms with van der Waals surface area (Å²) < 4.78 is 0. The van der Waals surface area contributed by atoms with Gasteiger partial charge >= 0.3 is 0 Å². The van der Waals surface area contributed by atoms with E-state index in [1.54, 1.807) is 11.8 Å². The van der Waals surface area contributed by atoms with Gasteiger partial charge < -0.3 is 10.7 Å². The molecule has 0 amide bonds. The maximum atomic E-state index is 11.3. The van der Waals surface area contributed by atoms with Crippen LogP contribution < -0.4 is 11.3 Å². The van der Waals surface area contributed by atoms with Crippen LogP contribution in [0.1, 0.15) is 31.4 Å². The standard InChI is InChI=1S/C11H17N3OS/c1-7-6-10(15)14-11(13-7)16-9-5-3-2-4-8(9)12/h6,8-9H,2-5,12H2,1H3,(H,13,14,15). The van der Waals surface area contributed by atoms with Gasteiger partial charge in [0.15, 0.2) is 5.16 Å². The molecular formula is C11H17N3OS. The summed E-state index contributed by atoms with van der Waals surface area (Å²) in [6.07, 6.45) is 4.63. The molecule has 1 saturated carbocycles. The van der Waals surface area contributed by atoms with Crippen LogP contribution in [0.15, 0.2) is 16.0 Å². The quantitative estimate of drug-likeness (QED) is 0.766. The second-order valence-electron chi connectivity index (χ2n) is 4.30. The monoisotopic (exact) mass is 239 g/mol. The summed E-state index contributed by atoms with van der Waals surface area (Å²) in [5, 5.41) is 1.09. The molecule has 0 aromatic carbocycles. The van der Waals surface area contributed by atoms with Crippen LogP contribution in [0.2, 0.25) is 0 Å². The summed E-state index contributed by atoms with van der Waals surface area (Å²) in [7, 11) is 0. The summed E-state index contributed by atoms with van der Waals surface area (Å²) in [6.45, 7) is 1.83. The van der Waals surface area contributed by atoms with E-state index in [-0.39, 0.29) is 11.6 Å². The van der Waals surface area contributed by atoms with Gasteiger partial charge in [0.25, 0.3) is 5.56 Å². The van der Waals surface area contributed by atoms with Gasteiger partial charge in [-0.3, -0.25) is 4.79 Å². The highest BCUT2D eigenvalue weighted by Crippen LogP contribution is 2.30. The first kappa shape index (κ1) is 11.7. The van der Waals surface area contributed by atoms with Crippen molar-refractivity contribution >= 4 is 11.8 Å². The Balaban J connectivity index is 2.10. The molecule has 3 N–H and O–H groups in total. The fraction of sp³-hybridized carbons (Fsp3) is 0.636. The average molecular weight is 239 g/mol. The second-order valence-corrected chi connectivity index (χ2v) is 5.52. The molecule has 0 saturated heterocycles. The van der Waals surface area contributed by atoms with Gasteiger partial charge in [-0.25, -0.2) is 4.98 Å². The zero-order valence-corrected chi connectivity index (χ0v) is 10.2. The number of aromatic amines is 1. The Morgan fingerprint density at radius 3 is 2.94 bits per heavy atom. The second kappa shape index (κ2) is 5.01. The summed E-state index contributed by atoms with van der Waals surface area (Å²) in [4.78, 5) is 18.4. The van der Waals surface area contributed by atoms with Crippen molar-refractivity contribution in [3.63, 3.8) is 0 Å². The van der Waals surface area contributed by atoms with Gasteiger partial charge in [0, 0.05) is 23.1 Å². The maximum Gasteiger partial charge on any atom is 0.251 e. The Bertz CT molecular complexity index is 418. The number of nitrogens with one attached hydrogen (secondary N) is 1. The lowest BCUT2D eigenvalue weighted by atomic mass is 9.96. The van der Waals surface area contributed by atoms with Crippen LogP contribution in [0.4, 0.5) is 0 Å². The van der Waals surface area contributed by atoms with E-state index in [2.05, 4.69) is 9.97 Å². The summed E-state index contributed by atoms with van der Waals surface area (Å²) in [5.74, 6) is 0. The zero-order chi connectivity index (χ0) is 11.5. The van der Waals surface area contributed by atoms with Gasteiger partial charge in [0.1, 0.15) is 0 Å². The minimum atomic E-state index is -0.0839. The number of hydrogen-bond donors (Lipinski definition) is 2. The normalized spacial score (nSPS) is 25.6. The van der Waals surface area contributed by atoms with E-state index in [0.717, 1.165) is 18.5 Å². The van der Waals surface area contributed by atoms with Gasteiger partial charge in [-0.1, -0.05) is 24.6 Å². The third-order valence-corrected chi connectivity index (χ3v) is 4.17. The average Bonchev–Trinajstić information content (AvgIpc) is 2.20. The molecule has 1 aromatic rings. The van der Waals surface area contributed by atoms with E-state index in [0.29, 0.717) is 10.4 Å². The van der Waals surface area contributed by atoms with Gasteiger partial charge in [-0.2, -0.15) is 0 Å². The molecular weight excluding hydrogens is 222 g/mol. The fourth-order valence-corrected chi connectivity index (χ4v) is 3.26. The number of aromatic nitrogens is 2. The molecule has 1 aromatic heterocycles.